The molecule has 6 heteroatoms. The van der Waals surface area contributed by atoms with Crippen molar-refractivity contribution < 1.29 is 5.11 Å². The zero-order chi connectivity index (χ0) is 23.4. The lowest BCUT2D eigenvalue weighted by molar-refractivity contribution is 0.276. The topological polar surface area (TPSA) is 74.2 Å². The largest absolute Gasteiger partial charge is 0.390 e. The average Bonchev–Trinajstić information content (AvgIpc) is 2.81. The van der Waals surface area contributed by atoms with Crippen molar-refractivity contribution in [3.8, 4) is 0 Å². The highest BCUT2D eigenvalue weighted by Crippen LogP contribution is 2.30. The maximum absolute atomic E-state index is 9.82. The number of piperidine rings is 1. The van der Waals surface area contributed by atoms with Crippen molar-refractivity contribution in [2.24, 2.45) is 5.92 Å². The third-order valence-electron chi connectivity index (χ3n) is 6.47. The van der Waals surface area contributed by atoms with E-state index in [0.29, 0.717) is 17.6 Å². The summed E-state index contributed by atoms with van der Waals surface area (Å²) in [6, 6.07) is 12.6. The smallest absolute Gasteiger partial charge is 0.227 e. The summed E-state index contributed by atoms with van der Waals surface area (Å²) in [5.41, 5.74) is 5.51. The fourth-order valence-corrected chi connectivity index (χ4v) is 4.32. The van der Waals surface area contributed by atoms with Crippen LogP contribution in [0.15, 0.2) is 48.8 Å². The maximum Gasteiger partial charge on any atom is 0.227 e. The molecular weight excluding hydrogens is 410 g/mol. The highest BCUT2D eigenvalue weighted by molar-refractivity contribution is 5.63. The molecule has 33 heavy (non-hydrogen) atoms. The number of nitrogens with zero attached hydrogens (tertiary/aromatic N) is 4. The molecule has 1 saturated heterocycles. The number of hydrogen-bond donors (Lipinski definition) is 2. The maximum atomic E-state index is 9.82. The molecule has 2 N–H and O–H groups in total. The highest BCUT2D eigenvalue weighted by atomic mass is 16.3. The van der Waals surface area contributed by atoms with Crippen molar-refractivity contribution in [2.75, 3.05) is 23.3 Å². The predicted octanol–water partition coefficient (Wildman–Crippen LogP) is 5.17. The van der Waals surface area contributed by atoms with Crippen molar-refractivity contribution in [3.63, 3.8) is 0 Å². The van der Waals surface area contributed by atoms with Gasteiger partial charge in [-0.1, -0.05) is 32.9 Å². The van der Waals surface area contributed by atoms with Crippen molar-refractivity contribution in [1.82, 2.24) is 15.0 Å². The first-order valence-electron chi connectivity index (χ1n) is 11.8. The summed E-state index contributed by atoms with van der Waals surface area (Å²) in [7, 11) is 0. The number of anilines is 3. The SMILES string of the molecule is Cc1ccc(C(C)(C)C)cc1Nc1cc(CO)nc(N2CCC(Cc3ccncc3)CC2)n1. The van der Waals surface area contributed by atoms with Crippen molar-refractivity contribution >= 4 is 17.5 Å². The molecule has 3 aromatic rings. The number of aryl methyl sites for hydroxylation is 1. The van der Waals surface area contributed by atoms with E-state index in [9.17, 15) is 5.11 Å². The molecule has 0 bridgehead atoms. The number of aliphatic hydroxyl groups is 1. The summed E-state index contributed by atoms with van der Waals surface area (Å²) in [5, 5.41) is 13.3. The summed E-state index contributed by atoms with van der Waals surface area (Å²) in [4.78, 5) is 15.8. The van der Waals surface area contributed by atoms with Crippen molar-refractivity contribution in [3.05, 3.63) is 71.2 Å². The van der Waals surface area contributed by atoms with Crippen LogP contribution in [0.4, 0.5) is 17.5 Å². The first-order chi connectivity index (χ1) is 15.8. The summed E-state index contributed by atoms with van der Waals surface area (Å²) in [6.45, 7) is 10.5. The van der Waals surface area contributed by atoms with Gasteiger partial charge < -0.3 is 15.3 Å². The van der Waals surface area contributed by atoms with Crippen molar-refractivity contribution in [2.45, 2.75) is 59.0 Å². The Morgan fingerprint density at radius 3 is 2.42 bits per heavy atom. The summed E-state index contributed by atoms with van der Waals surface area (Å²) < 4.78 is 0. The Bertz CT molecular complexity index is 1070. The molecule has 174 valence electrons. The molecule has 0 radical (unpaired) electrons. The monoisotopic (exact) mass is 445 g/mol. The standard InChI is InChI=1S/C27H35N5O/c1-19-5-6-22(27(2,3)4)16-24(19)30-25-17-23(18-33)29-26(31-25)32-13-9-21(10-14-32)15-20-7-11-28-12-8-20/h5-8,11-12,16-17,21,33H,9-10,13-15,18H2,1-4H3,(H,29,30,31). The number of hydrogen-bond acceptors (Lipinski definition) is 6. The van der Waals surface area contributed by atoms with Crippen LogP contribution in [0.5, 0.6) is 0 Å². The molecule has 1 aliphatic heterocycles. The van der Waals surface area contributed by atoms with E-state index in [4.69, 9.17) is 4.98 Å². The molecule has 0 saturated carbocycles. The van der Waals surface area contributed by atoms with Gasteiger partial charge in [-0.05, 0) is 72.4 Å². The minimum absolute atomic E-state index is 0.0673. The van der Waals surface area contributed by atoms with E-state index < -0.39 is 0 Å². The Kier molecular flexibility index (Phi) is 6.94. The van der Waals surface area contributed by atoms with Gasteiger partial charge in [0, 0.05) is 37.2 Å². The third kappa shape index (κ3) is 5.88. The van der Waals surface area contributed by atoms with Gasteiger partial charge in [0.15, 0.2) is 0 Å². The molecule has 1 aliphatic rings. The van der Waals surface area contributed by atoms with E-state index in [1.165, 1.54) is 11.1 Å². The van der Waals surface area contributed by atoms with E-state index in [1.807, 2.05) is 18.5 Å². The first-order valence-corrected chi connectivity index (χ1v) is 11.8. The van der Waals surface area contributed by atoms with Crippen LogP contribution in [0.2, 0.25) is 0 Å². The Morgan fingerprint density at radius 2 is 1.76 bits per heavy atom. The van der Waals surface area contributed by atoms with Crippen LogP contribution in [-0.2, 0) is 18.4 Å². The van der Waals surface area contributed by atoms with E-state index >= 15 is 0 Å². The predicted molar refractivity (Wildman–Crippen MR) is 134 cm³/mol. The minimum atomic E-state index is -0.107. The van der Waals surface area contributed by atoms with Crippen LogP contribution in [0.3, 0.4) is 0 Å². The van der Waals surface area contributed by atoms with Crippen LogP contribution in [0, 0.1) is 12.8 Å². The molecule has 4 rings (SSSR count). The van der Waals surface area contributed by atoms with Gasteiger partial charge in [0.2, 0.25) is 5.95 Å². The number of pyridine rings is 1. The Morgan fingerprint density at radius 1 is 1.03 bits per heavy atom. The molecular formula is C27H35N5O. The second-order valence-corrected chi connectivity index (χ2v) is 10.1. The van der Waals surface area contributed by atoms with E-state index in [2.05, 4.69) is 78.2 Å². The lowest BCUT2D eigenvalue weighted by atomic mass is 9.86. The van der Waals surface area contributed by atoms with Gasteiger partial charge in [0.05, 0.1) is 12.3 Å². The molecule has 0 atom stereocenters. The van der Waals surface area contributed by atoms with E-state index in [-0.39, 0.29) is 12.0 Å². The molecule has 0 aliphatic carbocycles. The second-order valence-electron chi connectivity index (χ2n) is 10.1. The molecule has 2 aromatic heterocycles. The zero-order valence-electron chi connectivity index (χ0n) is 20.2. The molecule has 0 unspecified atom stereocenters. The van der Waals surface area contributed by atoms with Crippen LogP contribution < -0.4 is 10.2 Å². The Balaban J connectivity index is 1.49. The minimum Gasteiger partial charge on any atom is -0.390 e. The van der Waals surface area contributed by atoms with Gasteiger partial charge in [-0.2, -0.15) is 4.98 Å². The Labute approximate surface area is 197 Å². The number of benzene rings is 1. The van der Waals surface area contributed by atoms with Crippen molar-refractivity contribution in [1.29, 1.82) is 0 Å². The number of aliphatic hydroxyl groups excluding tert-OH is 1. The Hall–Kier alpha value is -2.99. The van der Waals surface area contributed by atoms with Gasteiger partial charge in [-0.25, -0.2) is 4.98 Å². The number of nitrogens with one attached hydrogen (secondary N) is 1. The molecule has 6 nitrogen and oxygen atoms in total. The van der Waals surface area contributed by atoms with Crippen LogP contribution in [0.25, 0.3) is 0 Å². The van der Waals surface area contributed by atoms with E-state index in [1.54, 1.807) is 0 Å². The highest BCUT2D eigenvalue weighted by Gasteiger charge is 2.22. The number of aromatic nitrogens is 3. The van der Waals surface area contributed by atoms with Crippen LogP contribution in [-0.4, -0.2) is 33.1 Å². The summed E-state index contributed by atoms with van der Waals surface area (Å²) in [6.07, 6.45) is 7.03. The molecule has 3 heterocycles. The molecule has 0 spiro atoms. The number of rotatable bonds is 6. The third-order valence-corrected chi connectivity index (χ3v) is 6.47. The quantitative estimate of drug-likeness (QED) is 0.545. The van der Waals surface area contributed by atoms with Crippen LogP contribution >= 0.6 is 0 Å². The zero-order valence-corrected chi connectivity index (χ0v) is 20.2. The van der Waals surface area contributed by atoms with Crippen LogP contribution in [0.1, 0.15) is 56.0 Å². The first kappa shape index (κ1) is 23.2. The fraction of sp³-hybridized carbons (Fsp3) is 0.444. The lowest BCUT2D eigenvalue weighted by Crippen LogP contribution is -2.35. The van der Waals surface area contributed by atoms with Gasteiger partial charge in [0.25, 0.3) is 0 Å². The summed E-state index contributed by atoms with van der Waals surface area (Å²) in [5.74, 6) is 2.07. The van der Waals surface area contributed by atoms with Gasteiger partial charge in [0.1, 0.15) is 5.82 Å². The molecule has 1 aromatic carbocycles. The van der Waals surface area contributed by atoms with Gasteiger partial charge in [-0.15, -0.1) is 0 Å². The van der Waals surface area contributed by atoms with E-state index in [0.717, 1.165) is 49.4 Å². The fourth-order valence-electron chi connectivity index (χ4n) is 4.32. The average molecular weight is 446 g/mol. The van der Waals surface area contributed by atoms with Gasteiger partial charge >= 0.3 is 0 Å². The second kappa shape index (κ2) is 9.87. The summed E-state index contributed by atoms with van der Waals surface area (Å²) >= 11 is 0. The molecule has 1 fully saturated rings. The lowest BCUT2D eigenvalue weighted by Gasteiger charge is -2.32. The van der Waals surface area contributed by atoms with Gasteiger partial charge in [-0.3, -0.25) is 4.98 Å². The molecule has 0 amide bonds. The normalized spacial score (nSPS) is 15.0.